The monoisotopic (exact) mass is 477 g/mol. The summed E-state index contributed by atoms with van der Waals surface area (Å²) >= 11 is 0. The van der Waals surface area contributed by atoms with Gasteiger partial charge in [0.15, 0.2) is 0 Å². The Morgan fingerprint density at radius 3 is 2.60 bits per heavy atom. The fraction of sp³-hybridized carbons (Fsp3) is 0.552. The van der Waals surface area contributed by atoms with Crippen molar-refractivity contribution in [3.63, 3.8) is 0 Å². The van der Waals surface area contributed by atoms with E-state index >= 15 is 0 Å². The number of carbonyl (C=O) groups excluding carboxylic acids is 1. The summed E-state index contributed by atoms with van der Waals surface area (Å²) in [5, 5.41) is 3.23. The SMILES string of the molecule is CN(C)CCOc1cccc(-c2ccc3c(c2)CC(C)(C)C3NC(=O)O[C@@H]2CN3CCC2CC3)c1. The molecule has 3 fully saturated rings. The van der Waals surface area contributed by atoms with Crippen molar-refractivity contribution in [3.8, 4) is 16.9 Å². The molecule has 3 heterocycles. The number of amides is 1. The first kappa shape index (κ1) is 24.1. The molecule has 1 N–H and O–H groups in total. The van der Waals surface area contributed by atoms with Gasteiger partial charge < -0.3 is 19.7 Å². The largest absolute Gasteiger partial charge is 0.492 e. The number of rotatable bonds is 7. The van der Waals surface area contributed by atoms with E-state index < -0.39 is 0 Å². The molecule has 1 aliphatic carbocycles. The topological polar surface area (TPSA) is 54.0 Å². The molecule has 2 aromatic rings. The van der Waals surface area contributed by atoms with Crippen molar-refractivity contribution in [3.05, 3.63) is 53.6 Å². The predicted molar refractivity (Wildman–Crippen MR) is 139 cm³/mol. The Balaban J connectivity index is 1.28. The maximum Gasteiger partial charge on any atom is 0.407 e. The Labute approximate surface area is 209 Å². The smallest absolute Gasteiger partial charge is 0.407 e. The van der Waals surface area contributed by atoms with Crippen molar-refractivity contribution in [1.29, 1.82) is 0 Å². The molecular weight excluding hydrogens is 438 g/mol. The van der Waals surface area contributed by atoms with E-state index in [4.69, 9.17) is 9.47 Å². The summed E-state index contributed by atoms with van der Waals surface area (Å²) in [4.78, 5) is 17.5. The van der Waals surface area contributed by atoms with E-state index in [1.807, 2.05) is 26.2 Å². The minimum absolute atomic E-state index is 0.0242. The van der Waals surface area contributed by atoms with Crippen molar-refractivity contribution in [2.75, 3.05) is 46.9 Å². The van der Waals surface area contributed by atoms with E-state index in [-0.39, 0.29) is 23.7 Å². The predicted octanol–water partition coefficient (Wildman–Crippen LogP) is 4.74. The van der Waals surface area contributed by atoms with Gasteiger partial charge in [0, 0.05) is 13.1 Å². The van der Waals surface area contributed by atoms with E-state index in [2.05, 4.69) is 59.3 Å². The number of carbonyl (C=O) groups is 1. The Kier molecular flexibility index (Phi) is 6.78. The van der Waals surface area contributed by atoms with Crippen molar-refractivity contribution >= 4 is 6.09 Å². The summed E-state index contributed by atoms with van der Waals surface area (Å²) in [6.45, 7) is 9.16. The van der Waals surface area contributed by atoms with Crippen LogP contribution >= 0.6 is 0 Å². The Morgan fingerprint density at radius 1 is 1.11 bits per heavy atom. The second kappa shape index (κ2) is 9.82. The second-order valence-corrected chi connectivity index (χ2v) is 11.4. The van der Waals surface area contributed by atoms with Gasteiger partial charge >= 0.3 is 6.09 Å². The maximum atomic E-state index is 12.9. The Morgan fingerprint density at radius 2 is 1.89 bits per heavy atom. The number of hydrogen-bond acceptors (Lipinski definition) is 5. The molecule has 188 valence electrons. The molecule has 0 radical (unpaired) electrons. The quantitative estimate of drug-likeness (QED) is 0.624. The highest BCUT2D eigenvalue weighted by Crippen LogP contribution is 2.46. The number of ether oxygens (including phenoxy) is 2. The summed E-state index contributed by atoms with van der Waals surface area (Å²) in [7, 11) is 4.09. The average Bonchev–Trinajstić information content (AvgIpc) is 3.08. The molecular formula is C29H39N3O3. The van der Waals surface area contributed by atoms with Gasteiger partial charge in [-0.2, -0.15) is 0 Å². The van der Waals surface area contributed by atoms with Crippen molar-refractivity contribution in [2.45, 2.75) is 45.3 Å². The molecule has 6 nitrogen and oxygen atoms in total. The molecule has 4 aliphatic rings. The van der Waals surface area contributed by atoms with Crippen LogP contribution in [0.15, 0.2) is 42.5 Å². The standard InChI is InChI=1S/C29H39N3O3/c1-29(2)18-23-16-22(21-6-5-7-24(17-21)34-15-14-31(3)4)8-9-25(23)27(29)30-28(33)35-26-19-32-12-10-20(26)11-13-32/h5-9,16-17,20,26-27H,10-15,18-19H2,1-4H3,(H,30,33)/t26-,27?/m1/s1. The van der Waals surface area contributed by atoms with Crippen LogP contribution in [-0.2, 0) is 11.2 Å². The summed E-state index contributed by atoms with van der Waals surface area (Å²) in [6.07, 6.45) is 2.94. The molecule has 6 heteroatoms. The van der Waals surface area contributed by atoms with Crippen molar-refractivity contribution in [2.24, 2.45) is 11.3 Å². The van der Waals surface area contributed by atoms with E-state index in [1.54, 1.807) is 0 Å². The molecule has 35 heavy (non-hydrogen) atoms. The normalized spacial score (nSPS) is 26.4. The fourth-order valence-electron chi connectivity index (χ4n) is 5.95. The lowest BCUT2D eigenvalue weighted by molar-refractivity contribution is -0.0348. The Hall–Kier alpha value is -2.57. The highest BCUT2D eigenvalue weighted by Gasteiger charge is 2.42. The van der Waals surface area contributed by atoms with Gasteiger partial charge in [-0.15, -0.1) is 0 Å². The van der Waals surface area contributed by atoms with Crippen LogP contribution in [0, 0.1) is 11.3 Å². The molecule has 2 bridgehead atoms. The Bertz CT molecular complexity index is 1060. The lowest BCUT2D eigenvalue weighted by atomic mass is 9.85. The van der Waals surface area contributed by atoms with E-state index in [1.165, 1.54) is 16.7 Å². The number of hydrogen-bond donors (Lipinski definition) is 1. The average molecular weight is 478 g/mol. The molecule has 1 unspecified atom stereocenters. The third kappa shape index (κ3) is 5.34. The minimum Gasteiger partial charge on any atom is -0.492 e. The molecule has 1 amide bonds. The zero-order valence-electron chi connectivity index (χ0n) is 21.5. The lowest BCUT2D eigenvalue weighted by Gasteiger charge is -2.44. The van der Waals surface area contributed by atoms with Gasteiger partial charge in [0.1, 0.15) is 18.5 Å². The number of fused-ring (bicyclic) bond motifs is 4. The minimum atomic E-state index is -0.277. The summed E-state index contributed by atoms with van der Waals surface area (Å²) < 4.78 is 11.9. The van der Waals surface area contributed by atoms with Crippen LogP contribution in [0.2, 0.25) is 0 Å². The van der Waals surface area contributed by atoms with Gasteiger partial charge in [-0.3, -0.25) is 4.90 Å². The zero-order valence-corrected chi connectivity index (χ0v) is 21.5. The van der Waals surface area contributed by atoms with E-state index in [0.29, 0.717) is 12.5 Å². The molecule has 0 spiro atoms. The van der Waals surface area contributed by atoms with Gasteiger partial charge in [-0.25, -0.2) is 4.79 Å². The molecule has 0 aromatic heterocycles. The molecule has 2 atom stereocenters. The summed E-state index contributed by atoms with van der Waals surface area (Å²) in [5.74, 6) is 1.40. The van der Waals surface area contributed by atoms with Crippen LogP contribution in [0.4, 0.5) is 4.79 Å². The van der Waals surface area contributed by atoms with Crippen LogP contribution in [0.25, 0.3) is 11.1 Å². The van der Waals surface area contributed by atoms with Gasteiger partial charge in [0.25, 0.3) is 0 Å². The maximum absolute atomic E-state index is 12.9. The third-order valence-corrected chi connectivity index (χ3v) is 7.97. The second-order valence-electron chi connectivity index (χ2n) is 11.4. The molecule has 0 saturated carbocycles. The van der Waals surface area contributed by atoms with Gasteiger partial charge in [-0.05, 0) is 92.2 Å². The van der Waals surface area contributed by atoms with Crippen LogP contribution in [0.1, 0.15) is 43.9 Å². The number of piperidine rings is 3. The molecule has 2 aromatic carbocycles. The highest BCUT2D eigenvalue weighted by atomic mass is 16.6. The van der Waals surface area contributed by atoms with E-state index in [9.17, 15) is 4.79 Å². The van der Waals surface area contributed by atoms with Crippen molar-refractivity contribution < 1.29 is 14.3 Å². The first-order chi connectivity index (χ1) is 16.8. The lowest BCUT2D eigenvalue weighted by Crippen LogP contribution is -2.53. The van der Waals surface area contributed by atoms with Gasteiger partial charge in [0.05, 0.1) is 6.04 Å². The number of nitrogens with one attached hydrogen (secondary N) is 1. The van der Waals surface area contributed by atoms with Crippen LogP contribution in [0.3, 0.4) is 0 Å². The molecule has 3 aliphatic heterocycles. The first-order valence-corrected chi connectivity index (χ1v) is 13.0. The number of nitrogens with zero attached hydrogens (tertiary/aromatic N) is 2. The zero-order chi connectivity index (χ0) is 24.6. The van der Waals surface area contributed by atoms with Crippen LogP contribution < -0.4 is 10.1 Å². The molecule has 3 saturated heterocycles. The molecule has 6 rings (SSSR count). The van der Waals surface area contributed by atoms with Gasteiger partial charge in [-0.1, -0.05) is 44.2 Å². The highest BCUT2D eigenvalue weighted by molar-refractivity contribution is 5.70. The summed E-state index contributed by atoms with van der Waals surface area (Å²) in [6, 6.07) is 14.9. The third-order valence-electron chi connectivity index (χ3n) is 7.97. The summed E-state index contributed by atoms with van der Waals surface area (Å²) in [5.41, 5.74) is 4.73. The number of benzene rings is 2. The van der Waals surface area contributed by atoms with E-state index in [0.717, 1.165) is 56.8 Å². The van der Waals surface area contributed by atoms with Crippen LogP contribution in [-0.4, -0.2) is 68.9 Å². The van der Waals surface area contributed by atoms with Crippen LogP contribution in [0.5, 0.6) is 5.75 Å². The number of likely N-dealkylation sites (N-methyl/N-ethyl adjacent to an activating group) is 1. The number of alkyl carbamates (subject to hydrolysis) is 1. The van der Waals surface area contributed by atoms with Crippen molar-refractivity contribution in [1.82, 2.24) is 15.1 Å². The van der Waals surface area contributed by atoms with Gasteiger partial charge in [0.2, 0.25) is 0 Å². The fourth-order valence-corrected chi connectivity index (χ4v) is 5.95. The first-order valence-electron chi connectivity index (χ1n) is 13.0.